The molecule has 0 aliphatic rings. The van der Waals surface area contributed by atoms with Crippen molar-refractivity contribution < 1.29 is 4.74 Å². The van der Waals surface area contributed by atoms with Crippen LogP contribution in [0.2, 0.25) is 0 Å². The molecule has 0 atom stereocenters. The molecule has 4 rings (SSSR count). The predicted molar refractivity (Wildman–Crippen MR) is 143 cm³/mol. The zero-order valence-corrected chi connectivity index (χ0v) is 21.1. The molecular formula is C27H35N7O. The number of fused-ring (bicyclic) bond motifs is 1. The van der Waals surface area contributed by atoms with E-state index in [0.717, 1.165) is 78.7 Å². The minimum Gasteiger partial charge on any atom is -0.497 e. The zero-order valence-electron chi connectivity index (χ0n) is 21.1. The molecule has 2 aromatic carbocycles. The third-order valence-electron chi connectivity index (χ3n) is 6.24. The number of aryl methyl sites for hydroxylation is 1. The number of hydrogen-bond acceptors (Lipinski definition) is 7. The summed E-state index contributed by atoms with van der Waals surface area (Å²) in [5.41, 5.74) is 3.89. The summed E-state index contributed by atoms with van der Waals surface area (Å²) in [6, 6.07) is 16.0. The van der Waals surface area contributed by atoms with Crippen molar-refractivity contribution in [1.29, 1.82) is 0 Å². The van der Waals surface area contributed by atoms with Gasteiger partial charge in [0.15, 0.2) is 0 Å². The Balaban J connectivity index is 1.57. The number of benzene rings is 2. The number of hydrogen-bond donors (Lipinski definition) is 2. The van der Waals surface area contributed by atoms with Gasteiger partial charge in [0.25, 0.3) is 0 Å². The zero-order chi connectivity index (χ0) is 24.6. The summed E-state index contributed by atoms with van der Waals surface area (Å²) in [6.45, 7) is 10.7. The molecule has 4 aromatic rings. The van der Waals surface area contributed by atoms with Crippen molar-refractivity contribution in [3.8, 4) is 11.6 Å². The highest BCUT2D eigenvalue weighted by Crippen LogP contribution is 2.29. The smallest absolute Gasteiger partial charge is 0.214 e. The van der Waals surface area contributed by atoms with Crippen LogP contribution in [0.4, 0.5) is 17.5 Å². The van der Waals surface area contributed by atoms with Gasteiger partial charge in [0.2, 0.25) is 5.95 Å². The van der Waals surface area contributed by atoms with E-state index in [0.29, 0.717) is 5.95 Å². The Bertz CT molecular complexity index is 1250. The second kappa shape index (κ2) is 11.7. The number of imidazole rings is 1. The topological polar surface area (TPSA) is 80.1 Å². The van der Waals surface area contributed by atoms with Gasteiger partial charge in [-0.15, -0.1) is 0 Å². The van der Waals surface area contributed by atoms with Crippen LogP contribution in [0.3, 0.4) is 0 Å². The van der Waals surface area contributed by atoms with Crippen molar-refractivity contribution in [2.45, 2.75) is 33.6 Å². The van der Waals surface area contributed by atoms with Crippen LogP contribution in [0.15, 0.2) is 54.9 Å². The van der Waals surface area contributed by atoms with Crippen LogP contribution in [0.1, 0.15) is 32.3 Å². The molecule has 0 fully saturated rings. The maximum atomic E-state index is 5.42. The van der Waals surface area contributed by atoms with Gasteiger partial charge < -0.3 is 20.3 Å². The first-order valence-electron chi connectivity index (χ1n) is 12.3. The number of anilines is 3. The molecule has 0 bridgehead atoms. The Morgan fingerprint density at radius 1 is 1.00 bits per heavy atom. The highest BCUT2D eigenvalue weighted by molar-refractivity contribution is 5.82. The van der Waals surface area contributed by atoms with Gasteiger partial charge in [0.1, 0.15) is 23.7 Å². The fraction of sp³-hybridized carbons (Fsp3) is 0.370. The normalized spacial score (nSPS) is 11.2. The predicted octanol–water partition coefficient (Wildman–Crippen LogP) is 5.41. The molecule has 2 N–H and O–H groups in total. The molecule has 0 saturated heterocycles. The number of aromatic nitrogens is 4. The molecule has 8 heteroatoms. The maximum absolute atomic E-state index is 5.42. The highest BCUT2D eigenvalue weighted by atomic mass is 16.5. The van der Waals surface area contributed by atoms with Crippen molar-refractivity contribution in [2.24, 2.45) is 0 Å². The molecular weight excluding hydrogens is 438 g/mol. The van der Waals surface area contributed by atoms with E-state index in [1.165, 1.54) is 0 Å². The Labute approximate surface area is 207 Å². The van der Waals surface area contributed by atoms with Gasteiger partial charge in [0, 0.05) is 24.4 Å². The van der Waals surface area contributed by atoms with Gasteiger partial charge in [-0.25, -0.2) is 15.0 Å². The molecule has 184 valence electrons. The van der Waals surface area contributed by atoms with E-state index in [1.54, 1.807) is 13.4 Å². The first-order valence-corrected chi connectivity index (χ1v) is 12.3. The van der Waals surface area contributed by atoms with E-state index < -0.39 is 0 Å². The minimum absolute atomic E-state index is 0.687. The van der Waals surface area contributed by atoms with Crippen molar-refractivity contribution >= 4 is 28.5 Å². The Morgan fingerprint density at radius 3 is 2.63 bits per heavy atom. The van der Waals surface area contributed by atoms with Crippen molar-refractivity contribution in [3.05, 3.63) is 60.4 Å². The molecule has 0 amide bonds. The van der Waals surface area contributed by atoms with Crippen LogP contribution in [0.25, 0.3) is 16.9 Å². The number of unbranched alkanes of at least 4 members (excludes halogenated alkanes) is 1. The summed E-state index contributed by atoms with van der Waals surface area (Å²) in [6.07, 6.45) is 3.85. The monoisotopic (exact) mass is 473 g/mol. The molecule has 0 aliphatic carbocycles. The Morgan fingerprint density at radius 2 is 1.83 bits per heavy atom. The van der Waals surface area contributed by atoms with Gasteiger partial charge in [0.05, 0.1) is 18.1 Å². The average Bonchev–Trinajstić information content (AvgIpc) is 3.25. The molecule has 0 radical (unpaired) electrons. The molecule has 35 heavy (non-hydrogen) atoms. The second-order valence-corrected chi connectivity index (χ2v) is 8.49. The number of nitrogens with one attached hydrogen (secondary N) is 2. The van der Waals surface area contributed by atoms with Crippen LogP contribution in [-0.4, -0.2) is 57.7 Å². The first kappa shape index (κ1) is 24.5. The molecule has 8 nitrogen and oxygen atoms in total. The number of rotatable bonds is 12. The van der Waals surface area contributed by atoms with Crippen LogP contribution in [-0.2, 0) is 0 Å². The van der Waals surface area contributed by atoms with Crippen LogP contribution in [0, 0.1) is 6.92 Å². The van der Waals surface area contributed by atoms with E-state index in [2.05, 4.69) is 46.3 Å². The fourth-order valence-corrected chi connectivity index (χ4v) is 4.11. The average molecular weight is 474 g/mol. The second-order valence-electron chi connectivity index (χ2n) is 8.49. The molecule has 0 spiro atoms. The Hall–Kier alpha value is -3.65. The quantitative estimate of drug-likeness (QED) is 0.266. The molecule has 2 heterocycles. The lowest BCUT2D eigenvalue weighted by Crippen LogP contribution is -2.24. The molecule has 0 unspecified atom stereocenters. The molecule has 0 aliphatic heterocycles. The summed E-state index contributed by atoms with van der Waals surface area (Å²) in [4.78, 5) is 16.3. The summed E-state index contributed by atoms with van der Waals surface area (Å²) in [5.74, 6) is 3.03. The molecule has 2 aromatic heterocycles. The van der Waals surface area contributed by atoms with Crippen molar-refractivity contribution in [3.63, 3.8) is 0 Å². The van der Waals surface area contributed by atoms with E-state index >= 15 is 0 Å². The van der Waals surface area contributed by atoms with E-state index in [4.69, 9.17) is 9.72 Å². The number of para-hydroxylation sites is 2. The third kappa shape index (κ3) is 5.89. The van der Waals surface area contributed by atoms with Crippen molar-refractivity contribution in [1.82, 2.24) is 24.4 Å². The van der Waals surface area contributed by atoms with E-state index in [1.807, 2.05) is 53.1 Å². The maximum Gasteiger partial charge on any atom is 0.214 e. The SMILES string of the molecule is CCN(CC)CCCCNc1cc(-n2c(Nc3cc(OC)ccc3C)nc3ccccc32)ncn1. The summed E-state index contributed by atoms with van der Waals surface area (Å²) in [5, 5.41) is 6.95. The fourth-order valence-electron chi connectivity index (χ4n) is 4.11. The van der Waals surface area contributed by atoms with Crippen LogP contribution >= 0.6 is 0 Å². The highest BCUT2D eigenvalue weighted by Gasteiger charge is 2.15. The number of methoxy groups -OCH3 is 1. The van der Waals surface area contributed by atoms with Gasteiger partial charge in [-0.05, 0) is 63.2 Å². The lowest BCUT2D eigenvalue weighted by atomic mass is 10.2. The van der Waals surface area contributed by atoms with Crippen LogP contribution in [0.5, 0.6) is 5.75 Å². The summed E-state index contributed by atoms with van der Waals surface area (Å²) in [7, 11) is 1.67. The van der Waals surface area contributed by atoms with Gasteiger partial charge in [-0.2, -0.15) is 0 Å². The largest absolute Gasteiger partial charge is 0.497 e. The lowest BCUT2D eigenvalue weighted by Gasteiger charge is -2.17. The van der Waals surface area contributed by atoms with Crippen molar-refractivity contribution in [2.75, 3.05) is 43.9 Å². The van der Waals surface area contributed by atoms with Gasteiger partial charge in [-0.3, -0.25) is 4.57 Å². The molecule has 0 saturated carbocycles. The summed E-state index contributed by atoms with van der Waals surface area (Å²) >= 11 is 0. The minimum atomic E-state index is 0.687. The standard InChI is InChI=1S/C27H35N7O/c1-5-33(6-2)16-10-9-15-28-25-18-26(30-19-29-25)34-24-12-8-7-11-22(24)31-27(34)32-23-17-21(35-4)14-13-20(23)3/h7-8,11-14,17-19H,5-6,9-10,15-16H2,1-4H3,(H,31,32)(H,28,29,30). The summed E-state index contributed by atoms with van der Waals surface area (Å²) < 4.78 is 7.45. The number of nitrogens with zero attached hydrogens (tertiary/aromatic N) is 5. The van der Waals surface area contributed by atoms with E-state index in [9.17, 15) is 0 Å². The first-order chi connectivity index (χ1) is 17.1. The number of ether oxygens (including phenoxy) is 1. The van der Waals surface area contributed by atoms with Gasteiger partial charge >= 0.3 is 0 Å². The van der Waals surface area contributed by atoms with E-state index in [-0.39, 0.29) is 0 Å². The lowest BCUT2D eigenvalue weighted by molar-refractivity contribution is 0.298. The third-order valence-corrected chi connectivity index (χ3v) is 6.24. The van der Waals surface area contributed by atoms with Gasteiger partial charge in [-0.1, -0.05) is 32.0 Å². The Kier molecular flexibility index (Phi) is 8.15. The van der Waals surface area contributed by atoms with Crippen LogP contribution < -0.4 is 15.4 Å².